The van der Waals surface area contributed by atoms with Gasteiger partial charge in [0.05, 0.1) is 19.6 Å². The number of hydrogen-bond donors (Lipinski definition) is 0. The van der Waals surface area contributed by atoms with E-state index in [0.717, 1.165) is 22.8 Å². The van der Waals surface area contributed by atoms with Crippen molar-refractivity contribution < 1.29 is 9.15 Å². The van der Waals surface area contributed by atoms with Gasteiger partial charge in [-0.25, -0.2) is 4.99 Å². The maximum Gasteiger partial charge on any atom is 0.144 e. The molecule has 2 aromatic rings. The molecule has 0 saturated carbocycles. The molecular weight excluding hydrogens is 202 g/mol. The molecule has 0 aliphatic heterocycles. The van der Waals surface area contributed by atoms with Gasteiger partial charge in [0, 0.05) is 0 Å². The summed E-state index contributed by atoms with van der Waals surface area (Å²) in [5, 5.41) is 0. The normalized spacial score (nSPS) is 10.9. The number of ether oxygens (including phenoxy) is 1. The van der Waals surface area contributed by atoms with Crippen LogP contribution in [0, 0.1) is 6.92 Å². The van der Waals surface area contributed by atoms with Crippen LogP contribution in [0.2, 0.25) is 0 Å². The van der Waals surface area contributed by atoms with E-state index >= 15 is 0 Å². The third kappa shape index (κ3) is 2.14. The lowest BCUT2D eigenvalue weighted by Crippen LogP contribution is -1.86. The van der Waals surface area contributed by atoms with Gasteiger partial charge in [0.2, 0.25) is 0 Å². The van der Waals surface area contributed by atoms with Crippen molar-refractivity contribution in [3.05, 3.63) is 47.9 Å². The highest BCUT2D eigenvalue weighted by atomic mass is 16.5. The van der Waals surface area contributed by atoms with Crippen LogP contribution in [0.15, 0.2) is 46.0 Å². The summed E-state index contributed by atoms with van der Waals surface area (Å²) in [6, 6.07) is 9.52. The zero-order valence-corrected chi connectivity index (χ0v) is 9.31. The van der Waals surface area contributed by atoms with Gasteiger partial charge in [0.1, 0.15) is 17.2 Å². The van der Waals surface area contributed by atoms with Crippen LogP contribution < -0.4 is 4.74 Å². The molecule has 16 heavy (non-hydrogen) atoms. The van der Waals surface area contributed by atoms with Gasteiger partial charge in [0.25, 0.3) is 0 Å². The van der Waals surface area contributed by atoms with Crippen LogP contribution in [0.4, 0.5) is 5.69 Å². The minimum atomic E-state index is 0.727. The molecule has 0 N–H and O–H groups in total. The molecule has 0 aliphatic rings. The van der Waals surface area contributed by atoms with Crippen LogP contribution in [0.3, 0.4) is 0 Å². The van der Waals surface area contributed by atoms with Gasteiger partial charge in [-0.2, -0.15) is 0 Å². The summed E-state index contributed by atoms with van der Waals surface area (Å²) in [5.41, 5.74) is 1.91. The lowest BCUT2D eigenvalue weighted by molar-refractivity contribution is 0.416. The Bertz CT molecular complexity index is 487. The van der Waals surface area contributed by atoms with Crippen molar-refractivity contribution in [3.8, 4) is 5.75 Å². The van der Waals surface area contributed by atoms with Crippen LogP contribution >= 0.6 is 0 Å². The van der Waals surface area contributed by atoms with Crippen molar-refractivity contribution in [2.45, 2.75) is 6.92 Å². The van der Waals surface area contributed by atoms with Crippen molar-refractivity contribution in [3.63, 3.8) is 0 Å². The zero-order valence-electron chi connectivity index (χ0n) is 9.31. The number of nitrogens with zero attached hydrogens (tertiary/aromatic N) is 1. The van der Waals surface area contributed by atoms with E-state index in [4.69, 9.17) is 9.15 Å². The van der Waals surface area contributed by atoms with Crippen molar-refractivity contribution >= 4 is 11.9 Å². The van der Waals surface area contributed by atoms with Crippen LogP contribution in [-0.2, 0) is 0 Å². The molecule has 0 bridgehead atoms. The Labute approximate surface area is 94.4 Å². The number of aryl methyl sites for hydroxylation is 1. The minimum Gasteiger partial charge on any atom is -0.494 e. The molecule has 0 amide bonds. The quantitative estimate of drug-likeness (QED) is 0.736. The summed E-state index contributed by atoms with van der Waals surface area (Å²) in [6.45, 7) is 2.00. The van der Waals surface area contributed by atoms with Gasteiger partial charge in [0.15, 0.2) is 0 Å². The smallest absolute Gasteiger partial charge is 0.144 e. The fourth-order valence-electron chi connectivity index (χ4n) is 1.46. The van der Waals surface area contributed by atoms with Gasteiger partial charge in [-0.05, 0) is 30.7 Å². The molecule has 3 heteroatoms. The molecule has 1 aromatic carbocycles. The lowest BCUT2D eigenvalue weighted by atomic mass is 10.2. The first-order chi connectivity index (χ1) is 7.81. The van der Waals surface area contributed by atoms with E-state index in [1.54, 1.807) is 19.6 Å². The summed E-state index contributed by atoms with van der Waals surface area (Å²) < 4.78 is 10.4. The van der Waals surface area contributed by atoms with Crippen LogP contribution in [0.5, 0.6) is 5.75 Å². The van der Waals surface area contributed by atoms with Crippen molar-refractivity contribution in [1.29, 1.82) is 0 Å². The second kappa shape index (κ2) is 4.66. The van der Waals surface area contributed by atoms with Gasteiger partial charge >= 0.3 is 0 Å². The van der Waals surface area contributed by atoms with E-state index in [1.807, 2.05) is 37.3 Å². The first-order valence-corrected chi connectivity index (χ1v) is 5.02. The molecule has 0 aliphatic carbocycles. The molecule has 1 heterocycles. The van der Waals surface area contributed by atoms with E-state index in [2.05, 4.69) is 4.99 Å². The van der Waals surface area contributed by atoms with Crippen molar-refractivity contribution in [1.82, 2.24) is 0 Å². The Morgan fingerprint density at radius 1 is 1.25 bits per heavy atom. The monoisotopic (exact) mass is 215 g/mol. The summed E-state index contributed by atoms with van der Waals surface area (Å²) in [7, 11) is 1.64. The standard InChI is InChI=1S/C13H13NO2/c1-10-5-3-7-12(15-2)13(10)14-9-11-6-4-8-16-11/h3-9H,1-2H3. The van der Waals surface area contributed by atoms with E-state index in [9.17, 15) is 0 Å². The number of benzene rings is 1. The van der Waals surface area contributed by atoms with Crippen LogP contribution in [-0.4, -0.2) is 13.3 Å². The summed E-state index contributed by atoms with van der Waals surface area (Å²) in [5.74, 6) is 1.49. The molecule has 1 aromatic heterocycles. The third-order valence-corrected chi connectivity index (χ3v) is 2.28. The molecule has 0 radical (unpaired) electrons. The van der Waals surface area contributed by atoms with Crippen LogP contribution in [0.25, 0.3) is 0 Å². The van der Waals surface area contributed by atoms with Crippen LogP contribution in [0.1, 0.15) is 11.3 Å². The predicted molar refractivity (Wildman–Crippen MR) is 63.7 cm³/mol. The lowest BCUT2D eigenvalue weighted by Gasteiger charge is -2.06. The molecular formula is C13H13NO2. The topological polar surface area (TPSA) is 34.7 Å². The van der Waals surface area contributed by atoms with E-state index in [-0.39, 0.29) is 0 Å². The Balaban J connectivity index is 2.33. The Morgan fingerprint density at radius 3 is 2.81 bits per heavy atom. The minimum absolute atomic E-state index is 0.727. The fourth-order valence-corrected chi connectivity index (χ4v) is 1.46. The summed E-state index contributed by atoms with van der Waals surface area (Å²) in [4.78, 5) is 4.38. The average molecular weight is 215 g/mol. The Kier molecular flexibility index (Phi) is 3.05. The second-order valence-corrected chi connectivity index (χ2v) is 3.40. The fraction of sp³-hybridized carbons (Fsp3) is 0.154. The molecule has 2 rings (SSSR count). The van der Waals surface area contributed by atoms with Gasteiger partial charge in [-0.3, -0.25) is 0 Å². The van der Waals surface area contributed by atoms with Gasteiger partial charge < -0.3 is 9.15 Å². The zero-order chi connectivity index (χ0) is 11.4. The molecule has 3 nitrogen and oxygen atoms in total. The highest BCUT2D eigenvalue weighted by Gasteiger charge is 2.03. The largest absolute Gasteiger partial charge is 0.494 e. The van der Waals surface area contributed by atoms with E-state index in [0.29, 0.717) is 0 Å². The molecule has 0 saturated heterocycles. The number of furan rings is 1. The van der Waals surface area contributed by atoms with Gasteiger partial charge in [-0.1, -0.05) is 12.1 Å². The number of hydrogen-bond acceptors (Lipinski definition) is 3. The third-order valence-electron chi connectivity index (χ3n) is 2.28. The van der Waals surface area contributed by atoms with E-state index in [1.165, 1.54) is 0 Å². The first-order valence-electron chi connectivity index (χ1n) is 5.02. The number of rotatable bonds is 3. The number of aliphatic imine (C=N–C) groups is 1. The number of para-hydroxylation sites is 1. The predicted octanol–water partition coefficient (Wildman–Crippen LogP) is 3.35. The van der Waals surface area contributed by atoms with Crippen molar-refractivity contribution in [2.75, 3.05) is 7.11 Å². The molecule has 0 unspecified atom stereocenters. The average Bonchev–Trinajstić information content (AvgIpc) is 2.80. The Hall–Kier alpha value is -2.03. The Morgan fingerprint density at radius 2 is 2.12 bits per heavy atom. The second-order valence-electron chi connectivity index (χ2n) is 3.40. The maximum absolute atomic E-state index is 5.25. The highest BCUT2D eigenvalue weighted by molar-refractivity contribution is 5.80. The summed E-state index contributed by atoms with van der Waals surface area (Å²) >= 11 is 0. The van der Waals surface area contributed by atoms with Crippen molar-refractivity contribution in [2.24, 2.45) is 4.99 Å². The molecule has 0 atom stereocenters. The number of methoxy groups -OCH3 is 1. The van der Waals surface area contributed by atoms with E-state index < -0.39 is 0 Å². The highest BCUT2D eigenvalue weighted by Crippen LogP contribution is 2.30. The summed E-state index contributed by atoms with van der Waals surface area (Å²) in [6.07, 6.45) is 3.31. The molecule has 0 spiro atoms. The van der Waals surface area contributed by atoms with Gasteiger partial charge in [-0.15, -0.1) is 0 Å². The first kappa shape index (κ1) is 10.5. The maximum atomic E-state index is 5.25. The molecule has 0 fully saturated rings. The molecule has 82 valence electrons. The SMILES string of the molecule is COc1cccc(C)c1N=Cc1ccco1.